The highest BCUT2D eigenvalue weighted by Crippen LogP contribution is 2.37. The van der Waals surface area contributed by atoms with Gasteiger partial charge in [-0.2, -0.15) is 0 Å². The molecule has 1 aliphatic rings. The average Bonchev–Trinajstić information content (AvgIpc) is 2.67. The van der Waals surface area contributed by atoms with Crippen molar-refractivity contribution in [2.24, 2.45) is 5.16 Å². The minimum absolute atomic E-state index is 0.336. The highest BCUT2D eigenvalue weighted by molar-refractivity contribution is 6.28. The first-order valence-corrected chi connectivity index (χ1v) is 9.32. The van der Waals surface area contributed by atoms with Gasteiger partial charge in [0.2, 0.25) is 0 Å². The van der Waals surface area contributed by atoms with Gasteiger partial charge in [0, 0.05) is 11.6 Å². The quantitative estimate of drug-likeness (QED) is 0.407. The van der Waals surface area contributed by atoms with Gasteiger partial charge in [-0.15, -0.1) is 0 Å². The molecule has 0 atom stereocenters. The SMILES string of the molecule is CCOC(=O)/C=C/c1ccc2ccccc2c1C1=C(C)CCC/C1=N\OC. The van der Waals surface area contributed by atoms with Crippen LogP contribution in [0.1, 0.15) is 44.2 Å². The number of rotatable bonds is 5. The molecule has 0 saturated heterocycles. The number of hydrogen-bond donors (Lipinski definition) is 0. The largest absolute Gasteiger partial charge is 0.463 e. The van der Waals surface area contributed by atoms with Crippen LogP contribution >= 0.6 is 0 Å². The molecule has 4 heteroatoms. The van der Waals surface area contributed by atoms with E-state index in [1.165, 1.54) is 11.6 Å². The molecule has 0 N–H and O–H groups in total. The Bertz CT molecular complexity index is 938. The van der Waals surface area contributed by atoms with Crippen LogP contribution in [-0.2, 0) is 14.4 Å². The van der Waals surface area contributed by atoms with Gasteiger partial charge in [-0.1, -0.05) is 47.1 Å². The third-order valence-corrected chi connectivity index (χ3v) is 4.78. The Morgan fingerprint density at radius 1 is 1.19 bits per heavy atom. The van der Waals surface area contributed by atoms with E-state index >= 15 is 0 Å². The highest BCUT2D eigenvalue weighted by atomic mass is 16.6. The Morgan fingerprint density at radius 3 is 2.78 bits per heavy atom. The second kappa shape index (κ2) is 8.67. The van der Waals surface area contributed by atoms with Crippen LogP contribution in [-0.4, -0.2) is 25.4 Å². The molecule has 0 radical (unpaired) electrons. The molecule has 1 aliphatic carbocycles. The van der Waals surface area contributed by atoms with Crippen LogP contribution in [0.3, 0.4) is 0 Å². The van der Waals surface area contributed by atoms with Crippen molar-refractivity contribution in [1.29, 1.82) is 0 Å². The van der Waals surface area contributed by atoms with Gasteiger partial charge < -0.3 is 9.57 Å². The maximum atomic E-state index is 11.8. The van der Waals surface area contributed by atoms with E-state index in [0.29, 0.717) is 6.61 Å². The predicted octanol–water partition coefficient (Wildman–Crippen LogP) is 5.38. The number of oxime groups is 1. The zero-order valence-corrected chi connectivity index (χ0v) is 16.1. The Hall–Kier alpha value is -2.88. The first kappa shape index (κ1) is 18.9. The van der Waals surface area contributed by atoms with E-state index in [0.717, 1.165) is 52.4 Å². The summed E-state index contributed by atoms with van der Waals surface area (Å²) in [5, 5.41) is 6.61. The Morgan fingerprint density at radius 2 is 2.00 bits per heavy atom. The zero-order chi connectivity index (χ0) is 19.2. The number of allylic oxidation sites excluding steroid dienone is 2. The van der Waals surface area contributed by atoms with Crippen LogP contribution in [0.2, 0.25) is 0 Å². The summed E-state index contributed by atoms with van der Waals surface area (Å²) in [7, 11) is 1.58. The summed E-state index contributed by atoms with van der Waals surface area (Å²) in [5.74, 6) is -0.336. The fourth-order valence-corrected chi connectivity index (χ4v) is 3.63. The number of ether oxygens (including phenoxy) is 1. The van der Waals surface area contributed by atoms with Gasteiger partial charge in [-0.05, 0) is 61.1 Å². The predicted molar refractivity (Wildman–Crippen MR) is 111 cm³/mol. The molecule has 0 spiro atoms. The van der Waals surface area contributed by atoms with Gasteiger partial charge in [0.1, 0.15) is 7.11 Å². The van der Waals surface area contributed by atoms with Crippen molar-refractivity contribution in [2.75, 3.05) is 13.7 Å². The molecule has 0 amide bonds. The smallest absolute Gasteiger partial charge is 0.330 e. The van der Waals surface area contributed by atoms with E-state index < -0.39 is 0 Å². The number of carbonyl (C=O) groups is 1. The molecule has 0 saturated carbocycles. The Balaban J connectivity index is 2.24. The molecular formula is C23H25NO3. The number of fused-ring (bicyclic) bond motifs is 1. The van der Waals surface area contributed by atoms with E-state index in [1.54, 1.807) is 14.0 Å². The van der Waals surface area contributed by atoms with E-state index in [4.69, 9.17) is 9.57 Å². The van der Waals surface area contributed by atoms with Gasteiger partial charge in [0.15, 0.2) is 0 Å². The monoisotopic (exact) mass is 363 g/mol. The third-order valence-electron chi connectivity index (χ3n) is 4.78. The van der Waals surface area contributed by atoms with Gasteiger partial charge in [-0.3, -0.25) is 0 Å². The van der Waals surface area contributed by atoms with Crippen molar-refractivity contribution in [1.82, 2.24) is 0 Å². The summed E-state index contributed by atoms with van der Waals surface area (Å²) in [4.78, 5) is 17.0. The lowest BCUT2D eigenvalue weighted by atomic mass is 9.82. The minimum atomic E-state index is -0.336. The number of esters is 1. The fourth-order valence-electron chi connectivity index (χ4n) is 3.63. The van der Waals surface area contributed by atoms with E-state index in [-0.39, 0.29) is 5.97 Å². The first-order valence-electron chi connectivity index (χ1n) is 9.32. The number of benzene rings is 2. The first-order chi connectivity index (χ1) is 13.2. The van der Waals surface area contributed by atoms with Crippen molar-refractivity contribution in [3.05, 3.63) is 59.2 Å². The van der Waals surface area contributed by atoms with Crippen molar-refractivity contribution >= 4 is 34.1 Å². The van der Waals surface area contributed by atoms with Crippen LogP contribution < -0.4 is 0 Å². The number of nitrogens with zero attached hydrogens (tertiary/aromatic N) is 1. The highest BCUT2D eigenvalue weighted by Gasteiger charge is 2.22. The Labute approximate surface area is 160 Å². The minimum Gasteiger partial charge on any atom is -0.463 e. The van der Waals surface area contributed by atoms with Crippen LogP contribution in [0.15, 0.2) is 53.2 Å². The normalized spacial score (nSPS) is 16.3. The maximum absolute atomic E-state index is 11.8. The zero-order valence-electron chi connectivity index (χ0n) is 16.1. The average molecular weight is 363 g/mol. The maximum Gasteiger partial charge on any atom is 0.330 e. The van der Waals surface area contributed by atoms with Gasteiger partial charge in [0.05, 0.1) is 12.3 Å². The van der Waals surface area contributed by atoms with Crippen molar-refractivity contribution in [3.8, 4) is 0 Å². The van der Waals surface area contributed by atoms with Crippen LogP contribution in [0.25, 0.3) is 22.4 Å². The molecule has 0 heterocycles. The second-order valence-electron chi connectivity index (χ2n) is 6.57. The van der Waals surface area contributed by atoms with Crippen molar-refractivity contribution in [3.63, 3.8) is 0 Å². The summed E-state index contributed by atoms with van der Waals surface area (Å²) in [6.45, 7) is 4.32. The molecule has 0 bridgehead atoms. The summed E-state index contributed by atoms with van der Waals surface area (Å²) in [5.41, 5.74) is 5.45. The van der Waals surface area contributed by atoms with E-state index in [9.17, 15) is 4.79 Å². The number of hydrogen-bond acceptors (Lipinski definition) is 4. The van der Waals surface area contributed by atoms with Crippen molar-refractivity contribution < 1.29 is 14.4 Å². The summed E-state index contributed by atoms with van der Waals surface area (Å²) in [6.07, 6.45) is 6.30. The number of carbonyl (C=O) groups excluding carboxylic acids is 1. The molecule has 0 unspecified atom stereocenters. The standard InChI is InChI=1S/C23H25NO3/c1-4-27-21(25)15-14-18-13-12-17-9-5-6-10-19(17)23(18)22-16(2)8-7-11-20(22)24-26-3/h5-6,9-10,12-15H,4,7-8,11H2,1-3H3/b15-14+,24-20+. The van der Waals surface area contributed by atoms with E-state index in [1.807, 2.05) is 24.3 Å². The lowest BCUT2D eigenvalue weighted by Crippen LogP contribution is -2.12. The summed E-state index contributed by atoms with van der Waals surface area (Å²) >= 11 is 0. The molecule has 3 rings (SSSR count). The Kier molecular flexibility index (Phi) is 6.07. The van der Waals surface area contributed by atoms with E-state index in [2.05, 4.69) is 30.3 Å². The molecule has 140 valence electrons. The molecular weight excluding hydrogens is 338 g/mol. The molecule has 0 fully saturated rings. The topological polar surface area (TPSA) is 47.9 Å². The third kappa shape index (κ3) is 4.11. The molecule has 4 nitrogen and oxygen atoms in total. The fraction of sp³-hybridized carbons (Fsp3) is 0.304. The summed E-state index contributed by atoms with van der Waals surface area (Å²) in [6, 6.07) is 12.4. The van der Waals surface area contributed by atoms with Crippen LogP contribution in [0.4, 0.5) is 0 Å². The molecule has 27 heavy (non-hydrogen) atoms. The lowest BCUT2D eigenvalue weighted by molar-refractivity contribution is -0.137. The summed E-state index contributed by atoms with van der Waals surface area (Å²) < 4.78 is 5.04. The van der Waals surface area contributed by atoms with Crippen LogP contribution in [0.5, 0.6) is 0 Å². The van der Waals surface area contributed by atoms with Gasteiger partial charge in [0.25, 0.3) is 0 Å². The molecule has 0 aliphatic heterocycles. The van der Waals surface area contributed by atoms with Crippen molar-refractivity contribution in [2.45, 2.75) is 33.1 Å². The molecule has 2 aromatic rings. The lowest BCUT2D eigenvalue weighted by Gasteiger charge is -2.23. The molecule has 2 aromatic carbocycles. The van der Waals surface area contributed by atoms with Crippen LogP contribution in [0, 0.1) is 0 Å². The van der Waals surface area contributed by atoms with Gasteiger partial charge >= 0.3 is 5.97 Å². The molecule has 0 aromatic heterocycles. The second-order valence-corrected chi connectivity index (χ2v) is 6.57. The van der Waals surface area contributed by atoms with Gasteiger partial charge in [-0.25, -0.2) is 4.79 Å².